The maximum Gasteiger partial charge on any atom is 0.407 e. The molecular weight excluding hydrogens is 376 g/mol. The Morgan fingerprint density at radius 3 is 2.45 bits per heavy atom. The monoisotopic (exact) mass is 402 g/mol. The third-order valence-electron chi connectivity index (χ3n) is 3.88. The van der Waals surface area contributed by atoms with E-state index in [0.717, 1.165) is 5.56 Å². The number of alkyl carbamates (subject to hydrolysis) is 1. The number of hydrogen-bond donors (Lipinski definition) is 2. The highest BCUT2D eigenvalue weighted by Crippen LogP contribution is 2.29. The first-order valence-corrected chi connectivity index (χ1v) is 9.22. The standard InChI is InChI=1S/C21H26N2O6/c1-21(2,3)29-20(25)22-17(13-24)11-16-9-10-18(23(26)27)19(12-16)28-14-15-7-5-4-6-8-15/h4-10,12,17,24H,11,13-14H2,1-3H3,(H,22,25)/t17-/m0/s1. The number of ether oxygens (including phenoxy) is 2. The largest absolute Gasteiger partial charge is 0.482 e. The van der Waals surface area contributed by atoms with Crippen LogP contribution >= 0.6 is 0 Å². The molecule has 0 unspecified atom stereocenters. The highest BCUT2D eigenvalue weighted by molar-refractivity contribution is 5.68. The minimum absolute atomic E-state index is 0.130. The molecule has 1 amide bonds. The predicted octanol–water partition coefficient (Wildman–Crippen LogP) is 3.60. The van der Waals surface area contributed by atoms with Crippen LogP contribution in [0.4, 0.5) is 10.5 Å². The second kappa shape index (κ2) is 9.88. The van der Waals surface area contributed by atoms with Gasteiger partial charge in [0.2, 0.25) is 0 Å². The van der Waals surface area contributed by atoms with Crippen LogP contribution in [0.25, 0.3) is 0 Å². The molecule has 1 atom stereocenters. The first-order chi connectivity index (χ1) is 13.7. The molecule has 8 nitrogen and oxygen atoms in total. The summed E-state index contributed by atoms with van der Waals surface area (Å²) in [6, 6.07) is 13.2. The number of amides is 1. The average Bonchev–Trinajstić information content (AvgIpc) is 2.65. The molecule has 2 N–H and O–H groups in total. The van der Waals surface area contributed by atoms with Gasteiger partial charge < -0.3 is 19.9 Å². The molecule has 2 rings (SSSR count). The van der Waals surface area contributed by atoms with Gasteiger partial charge in [0, 0.05) is 6.07 Å². The highest BCUT2D eigenvalue weighted by atomic mass is 16.6. The van der Waals surface area contributed by atoms with Gasteiger partial charge in [0.25, 0.3) is 0 Å². The Kier molecular flexibility index (Phi) is 7.55. The van der Waals surface area contributed by atoms with Crippen molar-refractivity contribution >= 4 is 11.8 Å². The van der Waals surface area contributed by atoms with Crippen LogP contribution in [0, 0.1) is 10.1 Å². The number of nitro benzene ring substituents is 1. The predicted molar refractivity (Wildman–Crippen MR) is 108 cm³/mol. The van der Waals surface area contributed by atoms with Gasteiger partial charge in [-0.15, -0.1) is 0 Å². The second-order valence-electron chi connectivity index (χ2n) is 7.56. The van der Waals surface area contributed by atoms with E-state index in [0.29, 0.717) is 5.56 Å². The zero-order valence-electron chi connectivity index (χ0n) is 16.8. The van der Waals surface area contributed by atoms with Crippen LogP contribution < -0.4 is 10.1 Å². The Morgan fingerprint density at radius 1 is 1.17 bits per heavy atom. The van der Waals surface area contributed by atoms with E-state index in [1.54, 1.807) is 32.9 Å². The number of rotatable bonds is 8. The molecule has 0 heterocycles. The van der Waals surface area contributed by atoms with Crippen molar-refractivity contribution in [3.05, 3.63) is 69.8 Å². The van der Waals surface area contributed by atoms with Crippen LogP contribution in [0.15, 0.2) is 48.5 Å². The lowest BCUT2D eigenvalue weighted by Crippen LogP contribution is -2.42. The van der Waals surface area contributed by atoms with E-state index in [9.17, 15) is 20.0 Å². The summed E-state index contributed by atoms with van der Waals surface area (Å²) in [4.78, 5) is 22.7. The molecule has 0 aliphatic rings. The maximum absolute atomic E-state index is 11.9. The van der Waals surface area contributed by atoms with E-state index in [-0.39, 0.29) is 31.1 Å². The van der Waals surface area contributed by atoms with Gasteiger partial charge in [-0.3, -0.25) is 10.1 Å². The van der Waals surface area contributed by atoms with Crippen LogP contribution in [-0.4, -0.2) is 34.4 Å². The fourth-order valence-electron chi connectivity index (χ4n) is 2.61. The lowest BCUT2D eigenvalue weighted by atomic mass is 10.1. The molecule has 0 aliphatic carbocycles. The number of carbonyl (C=O) groups excluding carboxylic acids is 1. The number of carbonyl (C=O) groups is 1. The highest BCUT2D eigenvalue weighted by Gasteiger charge is 2.21. The Hall–Kier alpha value is -3.13. The van der Waals surface area contributed by atoms with Gasteiger partial charge in [0.15, 0.2) is 5.75 Å². The minimum atomic E-state index is -0.657. The molecule has 2 aromatic carbocycles. The summed E-state index contributed by atoms with van der Waals surface area (Å²) in [6.07, 6.45) is -0.380. The Labute approximate surface area is 169 Å². The molecule has 0 aromatic heterocycles. The maximum atomic E-state index is 11.9. The summed E-state index contributed by atoms with van der Waals surface area (Å²) < 4.78 is 10.9. The van der Waals surface area contributed by atoms with Crippen molar-refractivity contribution in [1.82, 2.24) is 5.32 Å². The quantitative estimate of drug-likeness (QED) is 0.515. The van der Waals surface area contributed by atoms with E-state index >= 15 is 0 Å². The molecule has 0 saturated carbocycles. The van der Waals surface area contributed by atoms with Crippen molar-refractivity contribution < 1.29 is 24.3 Å². The van der Waals surface area contributed by atoms with E-state index in [4.69, 9.17) is 9.47 Å². The van der Waals surface area contributed by atoms with Gasteiger partial charge in [-0.25, -0.2) is 4.79 Å². The summed E-state index contributed by atoms with van der Waals surface area (Å²) in [5, 5.41) is 23.5. The first-order valence-electron chi connectivity index (χ1n) is 9.22. The number of nitro groups is 1. The number of nitrogens with zero attached hydrogens (tertiary/aromatic N) is 1. The number of benzene rings is 2. The van der Waals surface area contributed by atoms with E-state index in [1.165, 1.54) is 6.07 Å². The number of hydrogen-bond acceptors (Lipinski definition) is 6. The topological polar surface area (TPSA) is 111 Å². The van der Waals surface area contributed by atoms with Crippen molar-refractivity contribution in [2.24, 2.45) is 0 Å². The minimum Gasteiger partial charge on any atom is -0.482 e. The van der Waals surface area contributed by atoms with Crippen LogP contribution in [0.2, 0.25) is 0 Å². The van der Waals surface area contributed by atoms with Crippen molar-refractivity contribution in [1.29, 1.82) is 0 Å². The normalized spacial score (nSPS) is 12.1. The molecular formula is C21H26N2O6. The molecule has 156 valence electrons. The summed E-state index contributed by atoms with van der Waals surface area (Å²) >= 11 is 0. The number of aliphatic hydroxyl groups excluding tert-OH is 1. The summed E-state index contributed by atoms with van der Waals surface area (Å²) in [5.74, 6) is 0.130. The molecule has 0 bridgehead atoms. The van der Waals surface area contributed by atoms with E-state index in [1.807, 2.05) is 30.3 Å². The van der Waals surface area contributed by atoms with Crippen molar-refractivity contribution in [3.63, 3.8) is 0 Å². The lowest BCUT2D eigenvalue weighted by Gasteiger charge is -2.23. The SMILES string of the molecule is CC(C)(C)OC(=O)N[C@H](CO)Cc1ccc([N+](=O)[O-])c(OCc2ccccc2)c1. The molecule has 2 aromatic rings. The molecule has 29 heavy (non-hydrogen) atoms. The van der Waals surface area contributed by atoms with Gasteiger partial charge in [0.1, 0.15) is 12.2 Å². The van der Waals surface area contributed by atoms with Crippen LogP contribution in [0.3, 0.4) is 0 Å². The van der Waals surface area contributed by atoms with Crippen molar-refractivity contribution in [2.45, 2.75) is 45.4 Å². The lowest BCUT2D eigenvalue weighted by molar-refractivity contribution is -0.386. The Morgan fingerprint density at radius 2 is 1.86 bits per heavy atom. The van der Waals surface area contributed by atoms with Crippen LogP contribution in [-0.2, 0) is 17.8 Å². The Balaban J connectivity index is 2.11. The fourth-order valence-corrected chi connectivity index (χ4v) is 2.61. The van der Waals surface area contributed by atoms with Gasteiger partial charge in [-0.2, -0.15) is 0 Å². The molecule has 0 fully saturated rings. The third kappa shape index (κ3) is 7.42. The van der Waals surface area contributed by atoms with E-state index < -0.39 is 22.7 Å². The van der Waals surface area contributed by atoms with Crippen molar-refractivity contribution in [2.75, 3.05) is 6.61 Å². The van der Waals surface area contributed by atoms with Crippen molar-refractivity contribution in [3.8, 4) is 5.75 Å². The zero-order chi connectivity index (χ0) is 21.4. The van der Waals surface area contributed by atoms with Gasteiger partial charge in [-0.05, 0) is 44.4 Å². The molecule has 0 spiro atoms. The summed E-state index contributed by atoms with van der Waals surface area (Å²) in [6.45, 7) is 5.11. The summed E-state index contributed by atoms with van der Waals surface area (Å²) in [7, 11) is 0. The zero-order valence-corrected chi connectivity index (χ0v) is 16.8. The summed E-state index contributed by atoms with van der Waals surface area (Å²) in [5.41, 5.74) is 0.752. The van der Waals surface area contributed by atoms with Crippen LogP contribution in [0.5, 0.6) is 5.75 Å². The molecule has 0 radical (unpaired) electrons. The first kappa shape index (κ1) is 22.2. The molecule has 8 heteroatoms. The Bertz CT molecular complexity index is 833. The number of nitrogens with one attached hydrogen (secondary N) is 1. The molecule has 0 aliphatic heterocycles. The van der Waals surface area contributed by atoms with Gasteiger partial charge in [-0.1, -0.05) is 36.4 Å². The van der Waals surface area contributed by atoms with Crippen LogP contribution in [0.1, 0.15) is 31.9 Å². The smallest absolute Gasteiger partial charge is 0.407 e. The second-order valence-corrected chi connectivity index (χ2v) is 7.56. The molecule has 0 saturated heterocycles. The average molecular weight is 402 g/mol. The third-order valence-corrected chi connectivity index (χ3v) is 3.88. The number of aliphatic hydroxyl groups is 1. The fraction of sp³-hybridized carbons (Fsp3) is 0.381. The van der Waals surface area contributed by atoms with E-state index in [2.05, 4.69) is 5.32 Å². The van der Waals surface area contributed by atoms with Gasteiger partial charge in [0.05, 0.1) is 17.6 Å². The van der Waals surface area contributed by atoms with Gasteiger partial charge >= 0.3 is 11.8 Å².